The highest BCUT2D eigenvalue weighted by Crippen LogP contribution is 2.22. The van der Waals surface area contributed by atoms with Gasteiger partial charge in [0.1, 0.15) is 5.78 Å². The maximum Gasteiger partial charge on any atom is 0.135 e. The van der Waals surface area contributed by atoms with Crippen LogP contribution in [0.2, 0.25) is 0 Å². The van der Waals surface area contributed by atoms with Crippen LogP contribution >= 0.6 is 0 Å². The number of hydrogen-bond donors (Lipinski definition) is 1. The normalized spacial score (nSPS) is 11.8. The van der Waals surface area contributed by atoms with Crippen LogP contribution in [0.1, 0.15) is 54.9 Å². The standard InChI is InChI=1S/C12H25NO2.C2H6/c1-10(14)11(2,3)7-8-15-12(4,5)9-13-6;1-2/h13H,7-9H2,1-6H3;1-2H3. The van der Waals surface area contributed by atoms with E-state index in [0.717, 1.165) is 13.0 Å². The van der Waals surface area contributed by atoms with Gasteiger partial charge in [-0.1, -0.05) is 27.7 Å². The fraction of sp³-hybridized carbons (Fsp3) is 0.929. The highest BCUT2D eigenvalue weighted by molar-refractivity contribution is 5.81. The number of ether oxygens (including phenoxy) is 1. The van der Waals surface area contributed by atoms with Gasteiger partial charge in [-0.15, -0.1) is 0 Å². The molecule has 0 unspecified atom stereocenters. The minimum absolute atomic E-state index is 0.165. The topological polar surface area (TPSA) is 38.3 Å². The molecule has 0 saturated carbocycles. The molecule has 0 fully saturated rings. The van der Waals surface area contributed by atoms with Gasteiger partial charge in [-0.25, -0.2) is 0 Å². The van der Waals surface area contributed by atoms with Gasteiger partial charge in [-0.3, -0.25) is 4.79 Å². The summed E-state index contributed by atoms with van der Waals surface area (Å²) < 4.78 is 5.74. The maximum absolute atomic E-state index is 11.3. The zero-order valence-corrected chi connectivity index (χ0v) is 12.9. The van der Waals surface area contributed by atoms with E-state index in [4.69, 9.17) is 4.74 Å². The largest absolute Gasteiger partial charge is 0.374 e. The molecule has 0 rings (SSSR count). The fourth-order valence-electron chi connectivity index (χ4n) is 1.24. The Hall–Kier alpha value is -0.410. The Balaban J connectivity index is 0. The predicted octanol–water partition coefficient (Wildman–Crippen LogP) is 3.03. The van der Waals surface area contributed by atoms with Crippen molar-refractivity contribution in [2.24, 2.45) is 5.41 Å². The third kappa shape index (κ3) is 9.31. The molecule has 0 saturated heterocycles. The Morgan fingerprint density at radius 2 is 1.65 bits per heavy atom. The van der Waals surface area contributed by atoms with Crippen LogP contribution in [0.15, 0.2) is 0 Å². The summed E-state index contributed by atoms with van der Waals surface area (Å²) in [6.45, 7) is 15.1. The van der Waals surface area contributed by atoms with E-state index in [2.05, 4.69) is 5.32 Å². The fourth-order valence-corrected chi connectivity index (χ4v) is 1.24. The lowest BCUT2D eigenvalue weighted by Crippen LogP contribution is -2.37. The third-order valence-electron chi connectivity index (χ3n) is 2.78. The first kappa shape index (κ1) is 18.9. The van der Waals surface area contributed by atoms with Gasteiger partial charge in [0.15, 0.2) is 0 Å². The lowest BCUT2D eigenvalue weighted by atomic mass is 9.86. The van der Waals surface area contributed by atoms with Crippen molar-refractivity contribution >= 4 is 5.78 Å². The monoisotopic (exact) mass is 245 g/mol. The molecule has 3 heteroatoms. The van der Waals surface area contributed by atoms with Gasteiger partial charge < -0.3 is 10.1 Å². The van der Waals surface area contributed by atoms with E-state index in [-0.39, 0.29) is 16.8 Å². The van der Waals surface area contributed by atoms with Crippen LogP contribution in [0.4, 0.5) is 0 Å². The van der Waals surface area contributed by atoms with Crippen LogP contribution in [0.5, 0.6) is 0 Å². The first-order chi connectivity index (χ1) is 7.71. The van der Waals surface area contributed by atoms with Crippen molar-refractivity contribution in [1.82, 2.24) is 5.32 Å². The highest BCUT2D eigenvalue weighted by Gasteiger charge is 2.25. The average Bonchev–Trinajstić information content (AvgIpc) is 2.19. The van der Waals surface area contributed by atoms with Crippen LogP contribution in [0.25, 0.3) is 0 Å². The summed E-state index contributed by atoms with van der Waals surface area (Å²) in [5, 5.41) is 3.09. The molecule has 0 spiro atoms. The van der Waals surface area contributed by atoms with Crippen molar-refractivity contribution in [2.45, 2.75) is 60.5 Å². The van der Waals surface area contributed by atoms with Crippen molar-refractivity contribution in [3.63, 3.8) is 0 Å². The zero-order chi connectivity index (χ0) is 14.1. The summed E-state index contributed by atoms with van der Waals surface area (Å²) in [6.07, 6.45) is 0.773. The van der Waals surface area contributed by atoms with Crippen molar-refractivity contribution in [1.29, 1.82) is 0 Å². The molecule has 0 atom stereocenters. The zero-order valence-electron chi connectivity index (χ0n) is 12.9. The minimum Gasteiger partial charge on any atom is -0.374 e. The second kappa shape index (κ2) is 8.65. The maximum atomic E-state index is 11.3. The number of rotatable bonds is 7. The number of Topliss-reactive ketones (excluding diaryl/α,β-unsaturated/α-hetero) is 1. The molecule has 0 aromatic carbocycles. The van der Waals surface area contributed by atoms with Crippen LogP contribution in [0.3, 0.4) is 0 Å². The molecule has 3 nitrogen and oxygen atoms in total. The SMILES string of the molecule is CC.CNCC(C)(C)OCCC(C)(C)C(C)=O. The molecule has 17 heavy (non-hydrogen) atoms. The van der Waals surface area contributed by atoms with E-state index in [1.807, 2.05) is 48.6 Å². The first-order valence-electron chi connectivity index (χ1n) is 6.51. The molecule has 1 N–H and O–H groups in total. The Kier molecular flexibility index (Phi) is 9.64. The van der Waals surface area contributed by atoms with E-state index >= 15 is 0 Å². The molecule has 0 aromatic rings. The van der Waals surface area contributed by atoms with Gasteiger partial charge in [0.05, 0.1) is 5.60 Å². The number of carbonyl (C=O) groups excluding carboxylic acids is 1. The van der Waals surface area contributed by atoms with E-state index in [1.54, 1.807) is 6.92 Å². The van der Waals surface area contributed by atoms with Crippen LogP contribution in [-0.4, -0.2) is 31.6 Å². The van der Waals surface area contributed by atoms with Crippen LogP contribution in [0, 0.1) is 5.41 Å². The second-order valence-corrected chi connectivity index (χ2v) is 5.33. The Labute approximate surface area is 107 Å². The van der Waals surface area contributed by atoms with Gasteiger partial charge in [-0.2, -0.15) is 0 Å². The molecule has 0 aromatic heterocycles. The summed E-state index contributed by atoms with van der Waals surface area (Å²) in [4.78, 5) is 11.3. The van der Waals surface area contributed by atoms with Crippen LogP contribution in [-0.2, 0) is 9.53 Å². The number of carbonyl (C=O) groups is 1. The Morgan fingerprint density at radius 1 is 1.18 bits per heavy atom. The lowest BCUT2D eigenvalue weighted by molar-refractivity contribution is -0.126. The van der Waals surface area contributed by atoms with Crippen molar-refractivity contribution in [3.05, 3.63) is 0 Å². The quantitative estimate of drug-likeness (QED) is 0.749. The smallest absolute Gasteiger partial charge is 0.135 e. The number of likely N-dealkylation sites (N-methyl/N-ethyl adjacent to an activating group) is 1. The van der Waals surface area contributed by atoms with E-state index in [9.17, 15) is 4.79 Å². The summed E-state index contributed by atoms with van der Waals surface area (Å²) in [5.74, 6) is 0.220. The second-order valence-electron chi connectivity index (χ2n) is 5.33. The third-order valence-corrected chi connectivity index (χ3v) is 2.78. The molecule has 104 valence electrons. The molecule has 0 aliphatic rings. The molecular weight excluding hydrogens is 214 g/mol. The highest BCUT2D eigenvalue weighted by atomic mass is 16.5. The molecule has 0 aliphatic heterocycles. The van der Waals surface area contributed by atoms with Crippen LogP contribution < -0.4 is 5.32 Å². The summed E-state index contributed by atoms with van der Waals surface area (Å²) in [6, 6.07) is 0. The Morgan fingerprint density at radius 3 is 2.00 bits per heavy atom. The minimum atomic E-state index is -0.268. The predicted molar refractivity (Wildman–Crippen MR) is 74.4 cm³/mol. The number of hydrogen-bond acceptors (Lipinski definition) is 3. The molecule has 0 heterocycles. The van der Waals surface area contributed by atoms with Gasteiger partial charge in [0.25, 0.3) is 0 Å². The van der Waals surface area contributed by atoms with Gasteiger partial charge >= 0.3 is 0 Å². The van der Waals surface area contributed by atoms with E-state index < -0.39 is 0 Å². The van der Waals surface area contributed by atoms with Crippen molar-refractivity contribution in [2.75, 3.05) is 20.2 Å². The molecule has 0 bridgehead atoms. The van der Waals surface area contributed by atoms with Gasteiger partial charge in [-0.05, 0) is 34.2 Å². The summed E-state index contributed by atoms with van der Waals surface area (Å²) in [7, 11) is 1.91. The number of nitrogens with one attached hydrogen (secondary N) is 1. The van der Waals surface area contributed by atoms with E-state index in [1.165, 1.54) is 0 Å². The van der Waals surface area contributed by atoms with Crippen molar-refractivity contribution < 1.29 is 9.53 Å². The molecule has 0 aliphatic carbocycles. The molecule has 0 radical (unpaired) electrons. The summed E-state index contributed by atoms with van der Waals surface area (Å²) in [5.41, 5.74) is -0.433. The van der Waals surface area contributed by atoms with Gasteiger partial charge in [0.2, 0.25) is 0 Å². The average molecular weight is 245 g/mol. The molecular formula is C14H31NO2. The Bertz CT molecular complexity index is 210. The van der Waals surface area contributed by atoms with E-state index in [0.29, 0.717) is 6.61 Å². The van der Waals surface area contributed by atoms with Crippen molar-refractivity contribution in [3.8, 4) is 0 Å². The first-order valence-corrected chi connectivity index (χ1v) is 6.51. The lowest BCUT2D eigenvalue weighted by Gasteiger charge is -2.28. The number of ketones is 1. The summed E-state index contributed by atoms with van der Waals surface area (Å²) >= 11 is 0. The molecule has 0 amide bonds. The van der Waals surface area contributed by atoms with Gasteiger partial charge in [0, 0.05) is 18.6 Å².